The van der Waals surface area contributed by atoms with E-state index in [1.807, 2.05) is 47.9 Å². The first-order valence-electron chi connectivity index (χ1n) is 9.29. The minimum atomic E-state index is -0.0978. The lowest BCUT2D eigenvalue weighted by Gasteiger charge is -2.09. The second-order valence-corrected chi connectivity index (χ2v) is 6.52. The summed E-state index contributed by atoms with van der Waals surface area (Å²) in [5, 5.41) is 6.12. The Bertz CT molecular complexity index is 1160. The van der Waals surface area contributed by atoms with Gasteiger partial charge in [0.2, 0.25) is 0 Å². The number of hydrogen-bond acceptors (Lipinski definition) is 6. The number of fused-ring (bicyclic) bond motifs is 1. The fourth-order valence-corrected chi connectivity index (χ4v) is 3.14. The number of benzene rings is 1. The van der Waals surface area contributed by atoms with Crippen LogP contribution in [0.1, 0.15) is 23.1 Å². The van der Waals surface area contributed by atoms with Crippen molar-refractivity contribution in [3.05, 3.63) is 66.1 Å². The van der Waals surface area contributed by atoms with Gasteiger partial charge in [-0.1, -0.05) is 6.07 Å². The first-order chi connectivity index (χ1) is 14.0. The first-order valence-corrected chi connectivity index (χ1v) is 9.29. The maximum atomic E-state index is 12.0. The molecule has 29 heavy (non-hydrogen) atoms. The smallest absolute Gasteiger partial charge is 0.251 e. The van der Waals surface area contributed by atoms with Crippen molar-refractivity contribution in [3.63, 3.8) is 0 Å². The summed E-state index contributed by atoms with van der Waals surface area (Å²) in [6, 6.07) is 14.7. The van der Waals surface area contributed by atoms with Gasteiger partial charge in [-0.05, 0) is 50.2 Å². The van der Waals surface area contributed by atoms with Gasteiger partial charge in [0.25, 0.3) is 5.91 Å². The average molecular weight is 387 g/mol. The van der Waals surface area contributed by atoms with E-state index in [-0.39, 0.29) is 5.91 Å². The van der Waals surface area contributed by atoms with Gasteiger partial charge in [-0.25, -0.2) is 15.0 Å². The largest absolute Gasteiger partial charge is 0.384 e. The summed E-state index contributed by atoms with van der Waals surface area (Å²) in [6.45, 7) is 4.28. The van der Waals surface area contributed by atoms with Crippen LogP contribution in [0.25, 0.3) is 17.0 Å². The van der Waals surface area contributed by atoms with Gasteiger partial charge in [-0.15, -0.1) is 0 Å². The molecule has 0 saturated heterocycles. The van der Waals surface area contributed by atoms with Crippen molar-refractivity contribution in [3.8, 4) is 11.4 Å². The predicted molar refractivity (Wildman–Crippen MR) is 113 cm³/mol. The van der Waals surface area contributed by atoms with Crippen molar-refractivity contribution >= 4 is 28.9 Å². The Morgan fingerprint density at radius 2 is 1.90 bits per heavy atom. The van der Waals surface area contributed by atoms with Crippen LogP contribution in [0.3, 0.4) is 0 Å². The van der Waals surface area contributed by atoms with Crippen LogP contribution in [0.4, 0.5) is 17.3 Å². The third-order valence-electron chi connectivity index (χ3n) is 4.38. The molecule has 0 aliphatic rings. The zero-order valence-corrected chi connectivity index (χ0v) is 16.2. The molecule has 0 bridgehead atoms. The van der Waals surface area contributed by atoms with Crippen LogP contribution in [-0.4, -0.2) is 31.8 Å². The van der Waals surface area contributed by atoms with Crippen LogP contribution in [0.15, 0.2) is 54.7 Å². The third-order valence-corrected chi connectivity index (χ3v) is 4.38. The minimum Gasteiger partial charge on any atom is -0.384 e. The zero-order valence-electron chi connectivity index (χ0n) is 16.2. The van der Waals surface area contributed by atoms with Crippen molar-refractivity contribution in [2.24, 2.45) is 0 Å². The maximum absolute atomic E-state index is 12.0. The van der Waals surface area contributed by atoms with Gasteiger partial charge in [0.1, 0.15) is 23.0 Å². The number of rotatable bonds is 5. The number of hydrogen-bond donors (Lipinski definition) is 3. The molecule has 4 N–H and O–H groups in total. The number of amides is 1. The number of nitrogens with two attached hydrogens (primary N) is 1. The van der Waals surface area contributed by atoms with E-state index in [9.17, 15) is 4.79 Å². The van der Waals surface area contributed by atoms with Crippen LogP contribution in [-0.2, 0) is 0 Å². The van der Waals surface area contributed by atoms with Crippen molar-refractivity contribution in [1.29, 1.82) is 0 Å². The Kier molecular flexibility index (Phi) is 4.82. The molecule has 0 fully saturated rings. The van der Waals surface area contributed by atoms with Crippen molar-refractivity contribution in [1.82, 2.24) is 24.7 Å². The summed E-state index contributed by atoms with van der Waals surface area (Å²) in [4.78, 5) is 25.4. The lowest BCUT2D eigenvalue weighted by atomic mass is 10.2. The molecule has 0 spiro atoms. The Balaban J connectivity index is 1.75. The number of pyridine rings is 1. The summed E-state index contributed by atoms with van der Waals surface area (Å²) < 4.78 is 1.95. The molecular formula is C21H21N7O. The topological polar surface area (TPSA) is 110 Å². The number of aryl methyl sites for hydroxylation is 1. The predicted octanol–water partition coefficient (Wildman–Crippen LogP) is 3.18. The molecule has 0 radical (unpaired) electrons. The summed E-state index contributed by atoms with van der Waals surface area (Å²) in [5.74, 6) is 1.53. The van der Waals surface area contributed by atoms with Gasteiger partial charge in [0.15, 0.2) is 5.82 Å². The van der Waals surface area contributed by atoms with Gasteiger partial charge in [0.05, 0.1) is 5.69 Å². The van der Waals surface area contributed by atoms with Gasteiger partial charge in [-0.2, -0.15) is 0 Å². The monoisotopic (exact) mass is 387 g/mol. The Labute approximate surface area is 167 Å². The zero-order chi connectivity index (χ0) is 20.4. The molecule has 0 saturated carbocycles. The van der Waals surface area contributed by atoms with Gasteiger partial charge in [-0.3, -0.25) is 9.20 Å². The normalized spacial score (nSPS) is 10.8. The maximum Gasteiger partial charge on any atom is 0.251 e. The fraction of sp³-hybridized carbons (Fsp3) is 0.143. The SMILES string of the molecule is CCNC(=O)c1ccc(Nc2nc3ccccn3c2-c2cc(N)nc(C)n2)cc1. The molecule has 3 heterocycles. The number of nitrogens with one attached hydrogen (secondary N) is 2. The highest BCUT2D eigenvalue weighted by Crippen LogP contribution is 2.30. The van der Waals surface area contributed by atoms with E-state index < -0.39 is 0 Å². The standard InChI is InChI=1S/C21H21N7O/c1-3-23-21(29)14-7-9-15(10-8-14)26-20-19(16-12-17(22)25-13(2)24-16)28-11-5-4-6-18(28)27-20/h4-12,26H,3H2,1-2H3,(H,23,29)(H2,22,24,25). The summed E-state index contributed by atoms with van der Waals surface area (Å²) in [5.41, 5.74) is 9.59. The molecule has 4 rings (SSSR count). The van der Waals surface area contributed by atoms with E-state index in [2.05, 4.69) is 20.6 Å². The number of anilines is 3. The molecule has 0 atom stereocenters. The lowest BCUT2D eigenvalue weighted by Crippen LogP contribution is -2.22. The quantitative estimate of drug-likeness (QED) is 0.485. The molecule has 1 aromatic carbocycles. The lowest BCUT2D eigenvalue weighted by molar-refractivity contribution is 0.0956. The number of carbonyl (C=O) groups excluding carboxylic acids is 1. The second kappa shape index (κ2) is 7.59. The van der Waals surface area contributed by atoms with E-state index >= 15 is 0 Å². The van der Waals surface area contributed by atoms with Gasteiger partial charge in [0, 0.05) is 30.1 Å². The van der Waals surface area contributed by atoms with E-state index in [4.69, 9.17) is 10.7 Å². The fourth-order valence-electron chi connectivity index (χ4n) is 3.14. The highest BCUT2D eigenvalue weighted by molar-refractivity contribution is 5.94. The van der Waals surface area contributed by atoms with Crippen LogP contribution >= 0.6 is 0 Å². The second-order valence-electron chi connectivity index (χ2n) is 6.52. The Morgan fingerprint density at radius 3 is 2.62 bits per heavy atom. The summed E-state index contributed by atoms with van der Waals surface area (Å²) in [6.07, 6.45) is 1.93. The number of aromatic nitrogens is 4. The van der Waals surface area contributed by atoms with Gasteiger partial charge < -0.3 is 16.4 Å². The number of carbonyl (C=O) groups is 1. The van der Waals surface area contributed by atoms with Crippen LogP contribution < -0.4 is 16.4 Å². The van der Waals surface area contributed by atoms with Crippen LogP contribution in [0.2, 0.25) is 0 Å². The Morgan fingerprint density at radius 1 is 1.10 bits per heavy atom. The first kappa shape index (κ1) is 18.4. The molecule has 1 amide bonds. The molecule has 4 aromatic rings. The number of nitrogen functional groups attached to an aromatic ring is 1. The molecule has 8 heteroatoms. The highest BCUT2D eigenvalue weighted by atomic mass is 16.1. The van der Waals surface area contributed by atoms with Crippen molar-refractivity contribution < 1.29 is 4.79 Å². The van der Waals surface area contributed by atoms with Crippen molar-refractivity contribution in [2.75, 3.05) is 17.6 Å². The summed E-state index contributed by atoms with van der Waals surface area (Å²) in [7, 11) is 0. The van der Waals surface area contributed by atoms with E-state index in [0.29, 0.717) is 35.3 Å². The number of imidazole rings is 1. The highest BCUT2D eigenvalue weighted by Gasteiger charge is 2.17. The van der Waals surface area contributed by atoms with E-state index in [1.165, 1.54) is 0 Å². The molecule has 0 aliphatic heterocycles. The molecular weight excluding hydrogens is 366 g/mol. The van der Waals surface area contributed by atoms with Crippen molar-refractivity contribution in [2.45, 2.75) is 13.8 Å². The summed E-state index contributed by atoms with van der Waals surface area (Å²) >= 11 is 0. The molecule has 146 valence electrons. The Hall–Kier alpha value is -3.94. The average Bonchev–Trinajstić information content (AvgIpc) is 3.05. The van der Waals surface area contributed by atoms with E-state index in [0.717, 1.165) is 17.0 Å². The molecule has 3 aromatic heterocycles. The number of nitrogens with zero attached hydrogens (tertiary/aromatic N) is 4. The van der Waals surface area contributed by atoms with E-state index in [1.54, 1.807) is 25.1 Å². The molecule has 0 aliphatic carbocycles. The third kappa shape index (κ3) is 3.73. The molecule has 8 nitrogen and oxygen atoms in total. The molecule has 0 unspecified atom stereocenters. The van der Waals surface area contributed by atoms with Crippen LogP contribution in [0, 0.1) is 6.92 Å². The van der Waals surface area contributed by atoms with Gasteiger partial charge >= 0.3 is 0 Å². The minimum absolute atomic E-state index is 0.0978. The van der Waals surface area contributed by atoms with Crippen LogP contribution in [0.5, 0.6) is 0 Å².